The van der Waals surface area contributed by atoms with Gasteiger partial charge in [-0.2, -0.15) is 0 Å². The molecule has 6 heteroatoms. The highest BCUT2D eigenvalue weighted by Gasteiger charge is 2.06. The fraction of sp³-hybridized carbons (Fsp3) is 0.333. The minimum Gasteiger partial charge on any atom is -0.467 e. The van der Waals surface area contributed by atoms with Gasteiger partial charge in [-0.15, -0.1) is 5.10 Å². The van der Waals surface area contributed by atoms with Gasteiger partial charge in [0.05, 0.1) is 12.9 Å². The lowest BCUT2D eigenvalue weighted by Crippen LogP contribution is -1.97. The highest BCUT2D eigenvalue weighted by Crippen LogP contribution is 2.17. The average Bonchev–Trinajstić information content (AvgIpc) is 2.88. The third-order valence-corrected chi connectivity index (χ3v) is 2.63. The van der Waals surface area contributed by atoms with Gasteiger partial charge < -0.3 is 14.5 Å². The maximum atomic E-state index is 5.44. The van der Waals surface area contributed by atoms with E-state index in [0.717, 1.165) is 16.5 Å². The van der Waals surface area contributed by atoms with E-state index in [-0.39, 0.29) is 0 Å². The summed E-state index contributed by atoms with van der Waals surface area (Å²) in [5.74, 6) is 0.809. The molecule has 2 rings (SSSR count). The van der Waals surface area contributed by atoms with E-state index in [9.17, 15) is 0 Å². The first kappa shape index (κ1) is 10.1. The van der Waals surface area contributed by atoms with Crippen molar-refractivity contribution in [2.75, 3.05) is 12.4 Å². The molecule has 5 nitrogen and oxygen atoms in total. The molecule has 0 aliphatic carbocycles. The summed E-state index contributed by atoms with van der Waals surface area (Å²) in [7, 11) is 1.84. The van der Waals surface area contributed by atoms with Crippen LogP contribution in [0.3, 0.4) is 0 Å². The molecular formula is C9H11N3O2S. The third kappa shape index (κ3) is 2.54. The highest BCUT2D eigenvalue weighted by atomic mass is 32.1. The lowest BCUT2D eigenvalue weighted by Gasteiger charge is -2.00. The second-order valence-electron chi connectivity index (χ2n) is 2.87. The molecule has 0 fully saturated rings. The summed E-state index contributed by atoms with van der Waals surface area (Å²) >= 11 is 1.32. The van der Waals surface area contributed by atoms with E-state index in [1.165, 1.54) is 11.5 Å². The number of hydrogen-bond donors (Lipinski definition) is 1. The molecule has 0 saturated carbocycles. The summed E-state index contributed by atoms with van der Waals surface area (Å²) in [6.45, 7) is 0.890. The Labute approximate surface area is 91.2 Å². The lowest BCUT2D eigenvalue weighted by atomic mass is 10.4. The van der Waals surface area contributed by atoms with Crippen molar-refractivity contribution in [1.29, 1.82) is 0 Å². The molecule has 0 unspecified atom stereocenters. The minimum absolute atomic E-state index is 0.438. The predicted molar refractivity (Wildman–Crippen MR) is 56.7 cm³/mol. The van der Waals surface area contributed by atoms with Crippen LogP contribution in [0.5, 0.6) is 0 Å². The normalized spacial score (nSPS) is 10.5. The third-order valence-electron chi connectivity index (χ3n) is 1.85. The van der Waals surface area contributed by atoms with Gasteiger partial charge in [-0.25, -0.2) is 0 Å². The van der Waals surface area contributed by atoms with Crippen LogP contribution < -0.4 is 5.32 Å². The van der Waals surface area contributed by atoms with Crippen molar-refractivity contribution in [2.45, 2.75) is 13.2 Å². The molecule has 0 radical (unpaired) electrons. The Morgan fingerprint density at radius 2 is 2.47 bits per heavy atom. The van der Waals surface area contributed by atoms with Crippen LogP contribution in [0.2, 0.25) is 0 Å². The molecule has 15 heavy (non-hydrogen) atoms. The number of ether oxygens (including phenoxy) is 1. The zero-order valence-electron chi connectivity index (χ0n) is 8.27. The first-order valence-electron chi connectivity index (χ1n) is 4.49. The molecule has 2 heterocycles. The monoisotopic (exact) mass is 225 g/mol. The van der Waals surface area contributed by atoms with Gasteiger partial charge in [-0.05, 0) is 12.1 Å². The number of nitrogens with one attached hydrogen (secondary N) is 1. The van der Waals surface area contributed by atoms with Gasteiger partial charge in [0.15, 0.2) is 0 Å². The van der Waals surface area contributed by atoms with Gasteiger partial charge in [0, 0.05) is 18.6 Å². The molecule has 2 aromatic rings. The Balaban J connectivity index is 1.83. The van der Waals surface area contributed by atoms with Gasteiger partial charge >= 0.3 is 0 Å². The Kier molecular flexibility index (Phi) is 3.31. The molecule has 80 valence electrons. The molecule has 2 aromatic heterocycles. The predicted octanol–water partition coefficient (Wildman–Crippen LogP) is 1.89. The van der Waals surface area contributed by atoms with Gasteiger partial charge in [0.1, 0.15) is 23.1 Å². The van der Waals surface area contributed by atoms with Crippen LogP contribution in [-0.2, 0) is 18.0 Å². The molecule has 0 aromatic carbocycles. The molecule has 0 saturated heterocycles. The minimum atomic E-state index is 0.438. The van der Waals surface area contributed by atoms with Crippen LogP contribution in [0.15, 0.2) is 22.8 Å². The Hall–Kier alpha value is -1.40. The summed E-state index contributed by atoms with van der Waals surface area (Å²) in [6.07, 6.45) is 1.63. The van der Waals surface area contributed by atoms with Crippen molar-refractivity contribution in [3.63, 3.8) is 0 Å². The topological polar surface area (TPSA) is 60.2 Å². The van der Waals surface area contributed by atoms with E-state index in [0.29, 0.717) is 13.2 Å². The van der Waals surface area contributed by atoms with Gasteiger partial charge in [0.25, 0.3) is 0 Å². The molecular weight excluding hydrogens is 214 g/mol. The number of nitrogens with zero attached hydrogens (tertiary/aromatic N) is 2. The molecule has 1 N–H and O–H groups in total. The first-order chi connectivity index (χ1) is 7.40. The first-order valence-corrected chi connectivity index (χ1v) is 5.26. The summed E-state index contributed by atoms with van der Waals surface area (Å²) in [4.78, 5) is 0. The van der Waals surface area contributed by atoms with Crippen molar-refractivity contribution in [3.8, 4) is 0 Å². The highest BCUT2D eigenvalue weighted by molar-refractivity contribution is 7.10. The van der Waals surface area contributed by atoms with E-state index in [1.807, 2.05) is 19.2 Å². The van der Waals surface area contributed by atoms with Gasteiger partial charge in [0.2, 0.25) is 0 Å². The van der Waals surface area contributed by atoms with Crippen molar-refractivity contribution in [2.24, 2.45) is 0 Å². The van der Waals surface area contributed by atoms with Gasteiger partial charge in [-0.1, -0.05) is 4.49 Å². The number of rotatable bonds is 5. The molecule has 0 atom stereocenters. The van der Waals surface area contributed by atoms with Gasteiger partial charge in [-0.3, -0.25) is 0 Å². The Morgan fingerprint density at radius 3 is 3.20 bits per heavy atom. The second-order valence-corrected chi connectivity index (χ2v) is 3.63. The maximum absolute atomic E-state index is 5.44. The maximum Gasteiger partial charge on any atom is 0.135 e. The molecule has 0 bridgehead atoms. The van der Waals surface area contributed by atoms with E-state index in [4.69, 9.17) is 9.15 Å². The number of hydrogen-bond acceptors (Lipinski definition) is 6. The summed E-state index contributed by atoms with van der Waals surface area (Å²) in [5, 5.41) is 7.90. The van der Waals surface area contributed by atoms with Crippen LogP contribution >= 0.6 is 11.5 Å². The number of furan rings is 1. The molecule has 0 aliphatic rings. The average molecular weight is 225 g/mol. The van der Waals surface area contributed by atoms with Crippen LogP contribution in [0.25, 0.3) is 0 Å². The van der Waals surface area contributed by atoms with Crippen LogP contribution in [-0.4, -0.2) is 16.6 Å². The van der Waals surface area contributed by atoms with Crippen LogP contribution in [0.1, 0.15) is 11.5 Å². The standard InChI is InChI=1S/C9H11N3O2S/c1-10-9-8(11-12-15-9)6-13-5-7-3-2-4-14-7/h2-4,10H,5-6H2,1H3. The number of aromatic nitrogens is 2. The second kappa shape index (κ2) is 4.90. The summed E-state index contributed by atoms with van der Waals surface area (Å²) < 4.78 is 14.4. The molecule has 0 aliphatic heterocycles. The lowest BCUT2D eigenvalue weighted by molar-refractivity contribution is 0.0909. The Morgan fingerprint density at radius 1 is 1.53 bits per heavy atom. The smallest absolute Gasteiger partial charge is 0.135 e. The fourth-order valence-corrected chi connectivity index (χ4v) is 1.65. The van der Waals surface area contributed by atoms with E-state index in [2.05, 4.69) is 14.9 Å². The van der Waals surface area contributed by atoms with Crippen molar-refractivity contribution in [3.05, 3.63) is 29.9 Å². The number of anilines is 1. The summed E-state index contributed by atoms with van der Waals surface area (Å²) in [5.41, 5.74) is 0.828. The van der Waals surface area contributed by atoms with Crippen molar-refractivity contribution >= 4 is 16.5 Å². The van der Waals surface area contributed by atoms with E-state index in [1.54, 1.807) is 6.26 Å². The van der Waals surface area contributed by atoms with E-state index < -0.39 is 0 Å². The zero-order valence-corrected chi connectivity index (χ0v) is 9.08. The largest absolute Gasteiger partial charge is 0.467 e. The fourth-order valence-electron chi connectivity index (χ4n) is 1.14. The molecule has 0 amide bonds. The van der Waals surface area contributed by atoms with Crippen molar-refractivity contribution in [1.82, 2.24) is 9.59 Å². The summed E-state index contributed by atoms with van der Waals surface area (Å²) in [6, 6.07) is 3.71. The van der Waals surface area contributed by atoms with Crippen LogP contribution in [0, 0.1) is 0 Å². The Bertz CT molecular complexity index is 399. The SMILES string of the molecule is CNc1snnc1COCc1ccco1. The molecule has 0 spiro atoms. The van der Waals surface area contributed by atoms with Crippen LogP contribution in [0.4, 0.5) is 5.00 Å². The van der Waals surface area contributed by atoms with Crippen molar-refractivity contribution < 1.29 is 9.15 Å². The quantitative estimate of drug-likeness (QED) is 0.842. The van der Waals surface area contributed by atoms with E-state index >= 15 is 0 Å². The zero-order chi connectivity index (χ0) is 10.5.